The highest BCUT2D eigenvalue weighted by atomic mass is 16.5. The number of hydrogen-bond donors (Lipinski definition) is 1. The average molecular weight is 304 g/mol. The van der Waals surface area contributed by atoms with E-state index in [1.54, 1.807) is 31.4 Å². The lowest BCUT2D eigenvalue weighted by atomic mass is 9.88. The topological polar surface area (TPSA) is 78.5 Å². The zero-order valence-corrected chi connectivity index (χ0v) is 12.8. The van der Waals surface area contributed by atoms with Crippen molar-refractivity contribution in [2.45, 2.75) is 44.6 Å². The van der Waals surface area contributed by atoms with Gasteiger partial charge in [-0.1, -0.05) is 31.4 Å². The summed E-state index contributed by atoms with van der Waals surface area (Å²) < 4.78 is 5.09. The minimum absolute atomic E-state index is 0.00347. The molecular weight excluding hydrogens is 282 g/mol. The van der Waals surface area contributed by atoms with Gasteiger partial charge >= 0.3 is 0 Å². The van der Waals surface area contributed by atoms with E-state index in [0.29, 0.717) is 5.75 Å². The van der Waals surface area contributed by atoms with E-state index in [2.05, 4.69) is 5.32 Å². The molecule has 1 unspecified atom stereocenters. The van der Waals surface area contributed by atoms with E-state index in [4.69, 9.17) is 4.74 Å². The van der Waals surface area contributed by atoms with Crippen LogP contribution in [0.3, 0.4) is 0 Å². The number of carbonyl (C=O) groups is 2. The van der Waals surface area contributed by atoms with Crippen molar-refractivity contribution in [3.63, 3.8) is 0 Å². The Kier molecular flexibility index (Phi) is 5.81. The molecule has 5 nitrogen and oxygen atoms in total. The Labute approximate surface area is 130 Å². The van der Waals surface area contributed by atoms with Gasteiger partial charge in [-0.3, -0.25) is 4.79 Å². The van der Waals surface area contributed by atoms with Crippen LogP contribution >= 0.6 is 0 Å². The van der Waals surface area contributed by atoms with Gasteiger partial charge in [0.25, 0.3) is 0 Å². The molecule has 0 aliphatic heterocycles. The molecule has 120 valence electrons. The van der Waals surface area contributed by atoms with E-state index in [9.17, 15) is 14.7 Å². The van der Waals surface area contributed by atoms with E-state index in [-0.39, 0.29) is 18.2 Å². The standard InChI is InChI=1S/C17H23NO4/c1-22-14-9-7-12(8-10-14)15(11-16(19)20)18-17(21)13-5-3-2-4-6-13/h7-10,13,15H,2-6,11H2,1H3,(H,18,21)(H,19,20)/p-1. The first-order valence-electron chi connectivity index (χ1n) is 7.74. The molecule has 0 radical (unpaired) electrons. The van der Waals surface area contributed by atoms with Crippen molar-refractivity contribution in [2.24, 2.45) is 5.92 Å². The van der Waals surface area contributed by atoms with Crippen molar-refractivity contribution >= 4 is 11.9 Å². The van der Waals surface area contributed by atoms with E-state index in [1.165, 1.54) is 6.42 Å². The first-order chi connectivity index (χ1) is 10.6. The van der Waals surface area contributed by atoms with Crippen LogP contribution in [0.1, 0.15) is 50.1 Å². The summed E-state index contributed by atoms with van der Waals surface area (Å²) in [5.41, 5.74) is 0.745. The van der Waals surface area contributed by atoms with Crippen molar-refractivity contribution in [3.05, 3.63) is 29.8 Å². The zero-order chi connectivity index (χ0) is 15.9. The van der Waals surface area contributed by atoms with Gasteiger partial charge in [-0.15, -0.1) is 0 Å². The predicted octanol–water partition coefficient (Wildman–Crippen LogP) is 1.57. The van der Waals surface area contributed by atoms with Gasteiger partial charge in [0, 0.05) is 18.3 Å². The molecule has 1 atom stereocenters. The van der Waals surface area contributed by atoms with Crippen molar-refractivity contribution in [2.75, 3.05) is 7.11 Å². The summed E-state index contributed by atoms with van der Waals surface area (Å²) in [4.78, 5) is 23.3. The van der Waals surface area contributed by atoms with Crippen LogP contribution in [-0.2, 0) is 9.59 Å². The minimum Gasteiger partial charge on any atom is -0.550 e. The molecule has 0 saturated heterocycles. The quantitative estimate of drug-likeness (QED) is 0.865. The van der Waals surface area contributed by atoms with Crippen molar-refractivity contribution < 1.29 is 19.4 Å². The maximum absolute atomic E-state index is 12.3. The third-order valence-corrected chi connectivity index (χ3v) is 4.18. The molecule has 1 aromatic rings. The molecule has 1 aromatic carbocycles. The van der Waals surface area contributed by atoms with E-state index >= 15 is 0 Å². The van der Waals surface area contributed by atoms with Crippen LogP contribution in [-0.4, -0.2) is 19.0 Å². The second-order valence-corrected chi connectivity index (χ2v) is 5.75. The number of methoxy groups -OCH3 is 1. The third kappa shape index (κ3) is 4.48. The Hall–Kier alpha value is -2.04. The molecule has 0 aromatic heterocycles. The van der Waals surface area contributed by atoms with Gasteiger partial charge in [0.15, 0.2) is 0 Å². The molecule has 2 rings (SSSR count). The van der Waals surface area contributed by atoms with E-state index in [1.807, 2.05) is 0 Å². The Morgan fingerprint density at radius 3 is 2.41 bits per heavy atom. The number of benzene rings is 1. The number of amides is 1. The van der Waals surface area contributed by atoms with Gasteiger partial charge < -0.3 is 20.0 Å². The van der Waals surface area contributed by atoms with Gasteiger partial charge in [-0.05, 0) is 30.5 Å². The molecule has 0 spiro atoms. The number of aliphatic carboxylic acids is 1. The highest BCUT2D eigenvalue weighted by Gasteiger charge is 2.24. The number of carbonyl (C=O) groups excluding carboxylic acids is 2. The number of nitrogens with one attached hydrogen (secondary N) is 1. The van der Waals surface area contributed by atoms with Gasteiger partial charge in [-0.25, -0.2) is 0 Å². The van der Waals surface area contributed by atoms with Gasteiger partial charge in [0.1, 0.15) is 5.75 Å². The summed E-state index contributed by atoms with van der Waals surface area (Å²) in [5, 5.41) is 13.8. The summed E-state index contributed by atoms with van der Waals surface area (Å²) in [6.45, 7) is 0. The Balaban J connectivity index is 2.07. The van der Waals surface area contributed by atoms with Crippen LogP contribution in [0.4, 0.5) is 0 Å². The number of carboxylic acids is 1. The van der Waals surface area contributed by atoms with Crippen molar-refractivity contribution in [1.29, 1.82) is 0 Å². The monoisotopic (exact) mass is 304 g/mol. The summed E-state index contributed by atoms with van der Waals surface area (Å²) in [6.07, 6.45) is 4.83. The molecule has 1 amide bonds. The summed E-state index contributed by atoms with van der Waals surface area (Å²) in [7, 11) is 1.57. The highest BCUT2D eigenvalue weighted by Crippen LogP contribution is 2.26. The second kappa shape index (κ2) is 7.82. The Morgan fingerprint density at radius 2 is 1.86 bits per heavy atom. The van der Waals surface area contributed by atoms with Gasteiger partial charge in [-0.2, -0.15) is 0 Å². The number of ether oxygens (including phenoxy) is 1. The molecule has 0 heterocycles. The minimum atomic E-state index is -1.18. The fourth-order valence-corrected chi connectivity index (χ4v) is 2.91. The smallest absolute Gasteiger partial charge is 0.223 e. The first-order valence-corrected chi connectivity index (χ1v) is 7.74. The molecule has 1 saturated carbocycles. The zero-order valence-electron chi connectivity index (χ0n) is 12.8. The highest BCUT2D eigenvalue weighted by molar-refractivity contribution is 5.80. The third-order valence-electron chi connectivity index (χ3n) is 4.18. The predicted molar refractivity (Wildman–Crippen MR) is 80.1 cm³/mol. The summed E-state index contributed by atoms with van der Waals surface area (Å²) in [6, 6.07) is 6.49. The lowest BCUT2D eigenvalue weighted by Gasteiger charge is -2.25. The Morgan fingerprint density at radius 1 is 1.23 bits per heavy atom. The van der Waals surface area contributed by atoms with Crippen LogP contribution < -0.4 is 15.2 Å². The normalized spacial score (nSPS) is 16.8. The molecule has 1 aliphatic rings. The molecular formula is C17H22NO4-. The maximum Gasteiger partial charge on any atom is 0.223 e. The fraction of sp³-hybridized carbons (Fsp3) is 0.529. The lowest BCUT2D eigenvalue weighted by Crippen LogP contribution is -2.38. The number of hydrogen-bond acceptors (Lipinski definition) is 4. The average Bonchev–Trinajstić information content (AvgIpc) is 2.54. The molecule has 1 aliphatic carbocycles. The molecule has 1 fully saturated rings. The lowest BCUT2D eigenvalue weighted by molar-refractivity contribution is -0.306. The second-order valence-electron chi connectivity index (χ2n) is 5.75. The largest absolute Gasteiger partial charge is 0.550 e. The molecule has 22 heavy (non-hydrogen) atoms. The fourth-order valence-electron chi connectivity index (χ4n) is 2.91. The van der Waals surface area contributed by atoms with Crippen LogP contribution in [0.25, 0.3) is 0 Å². The SMILES string of the molecule is COc1ccc(C(CC(=O)[O-])NC(=O)C2CCCCC2)cc1. The molecule has 5 heteroatoms. The van der Waals surface area contributed by atoms with Gasteiger partial charge in [0.05, 0.1) is 13.2 Å². The number of carboxylic acid groups (broad SMARTS) is 1. The van der Waals surface area contributed by atoms with Crippen LogP contribution in [0, 0.1) is 5.92 Å². The van der Waals surface area contributed by atoms with Gasteiger partial charge in [0.2, 0.25) is 5.91 Å². The van der Waals surface area contributed by atoms with Crippen molar-refractivity contribution in [3.8, 4) is 5.75 Å². The van der Waals surface area contributed by atoms with Crippen molar-refractivity contribution in [1.82, 2.24) is 5.32 Å². The van der Waals surface area contributed by atoms with Crippen LogP contribution in [0.15, 0.2) is 24.3 Å². The van der Waals surface area contributed by atoms with E-state index < -0.39 is 12.0 Å². The molecule has 0 bridgehead atoms. The summed E-state index contributed by atoms with van der Waals surface area (Å²) >= 11 is 0. The van der Waals surface area contributed by atoms with E-state index in [0.717, 1.165) is 31.2 Å². The maximum atomic E-state index is 12.3. The number of rotatable bonds is 6. The first kappa shape index (κ1) is 16.3. The van der Waals surface area contributed by atoms with Crippen LogP contribution in [0.2, 0.25) is 0 Å². The Bertz CT molecular complexity index is 506. The van der Waals surface area contributed by atoms with Crippen LogP contribution in [0.5, 0.6) is 5.75 Å². The summed E-state index contributed by atoms with van der Waals surface area (Å²) in [5.74, 6) is -0.544. The molecule has 1 N–H and O–H groups in total.